The van der Waals surface area contributed by atoms with E-state index in [2.05, 4.69) is 44.0 Å². The molecule has 1 aliphatic heterocycles. The monoisotopic (exact) mass is 424 g/mol. The average Bonchev–Trinajstić information content (AvgIpc) is 2.80. The molecule has 2 aromatic carbocycles. The fourth-order valence-corrected chi connectivity index (χ4v) is 3.76. The van der Waals surface area contributed by atoms with Gasteiger partial charge in [-0.3, -0.25) is 4.90 Å². The van der Waals surface area contributed by atoms with Crippen LogP contribution in [0, 0.1) is 0 Å². The van der Waals surface area contributed by atoms with E-state index in [4.69, 9.17) is 14.6 Å². The minimum atomic E-state index is -0.0264. The van der Waals surface area contributed by atoms with Gasteiger partial charge in [-0.25, -0.2) is 9.97 Å². The summed E-state index contributed by atoms with van der Waals surface area (Å²) in [5.41, 5.74) is 2.04. The molecule has 0 saturated carbocycles. The van der Waals surface area contributed by atoms with Crippen molar-refractivity contribution < 1.29 is 19.7 Å². The third-order valence-electron chi connectivity index (χ3n) is 5.34. The van der Waals surface area contributed by atoms with Gasteiger partial charge in [0, 0.05) is 44.2 Å². The number of aliphatic hydroxyl groups excluding tert-OH is 1. The molecule has 2 heterocycles. The van der Waals surface area contributed by atoms with Crippen molar-refractivity contribution in [1.29, 1.82) is 0 Å². The third kappa shape index (κ3) is 5.41. The first-order chi connectivity index (χ1) is 15.2. The molecule has 0 amide bonds. The lowest BCUT2D eigenvalue weighted by atomic mass is 10.1. The number of ether oxygens (including phenoxy) is 2. The maximum atomic E-state index is 10.5. The van der Waals surface area contributed by atoms with Gasteiger partial charge in [-0.15, -0.1) is 0 Å². The van der Waals surface area contributed by atoms with Gasteiger partial charge in [0.15, 0.2) is 11.5 Å². The molecule has 3 aromatic rings. The van der Waals surface area contributed by atoms with Crippen molar-refractivity contribution in [3.8, 4) is 11.5 Å². The van der Waals surface area contributed by atoms with E-state index in [9.17, 15) is 5.11 Å². The lowest BCUT2D eigenvalue weighted by molar-refractivity contribution is 0.0699. The highest BCUT2D eigenvalue weighted by atomic mass is 16.5. The lowest BCUT2D eigenvalue weighted by Gasteiger charge is -2.35. The van der Waals surface area contributed by atoms with Crippen molar-refractivity contribution in [2.24, 2.45) is 0 Å². The fraction of sp³-hybridized carbons (Fsp3) is 0.391. The van der Waals surface area contributed by atoms with Gasteiger partial charge in [0.2, 0.25) is 0 Å². The van der Waals surface area contributed by atoms with Gasteiger partial charge in [0.1, 0.15) is 18.8 Å². The van der Waals surface area contributed by atoms with Gasteiger partial charge in [0.05, 0.1) is 25.3 Å². The first-order valence-electron chi connectivity index (χ1n) is 10.5. The number of fused-ring (bicyclic) bond motifs is 1. The molecular weight excluding hydrogens is 396 g/mol. The zero-order valence-electron chi connectivity index (χ0n) is 17.5. The van der Waals surface area contributed by atoms with Crippen LogP contribution >= 0.6 is 0 Å². The number of nitrogens with zero attached hydrogens (tertiary/aromatic N) is 4. The Kier molecular flexibility index (Phi) is 7.14. The summed E-state index contributed by atoms with van der Waals surface area (Å²) in [6.45, 7) is 5.41. The van der Waals surface area contributed by atoms with Crippen LogP contribution in [0.4, 0.5) is 5.82 Å². The summed E-state index contributed by atoms with van der Waals surface area (Å²) in [7, 11) is 0. The van der Waals surface area contributed by atoms with Gasteiger partial charge >= 0.3 is 0 Å². The maximum Gasteiger partial charge on any atom is 0.163 e. The lowest BCUT2D eigenvalue weighted by Crippen LogP contribution is -2.46. The molecule has 2 N–H and O–H groups in total. The van der Waals surface area contributed by atoms with E-state index in [1.54, 1.807) is 18.5 Å². The van der Waals surface area contributed by atoms with Crippen molar-refractivity contribution in [1.82, 2.24) is 14.9 Å². The summed E-state index contributed by atoms with van der Waals surface area (Å²) in [4.78, 5) is 13.6. The van der Waals surface area contributed by atoms with E-state index in [0.29, 0.717) is 12.4 Å². The van der Waals surface area contributed by atoms with Crippen LogP contribution in [0.25, 0.3) is 10.9 Å². The van der Waals surface area contributed by atoms with Crippen LogP contribution in [0.1, 0.15) is 5.56 Å². The topological polar surface area (TPSA) is 91.2 Å². The number of aliphatic hydroxyl groups is 1. The second-order valence-corrected chi connectivity index (χ2v) is 7.47. The van der Waals surface area contributed by atoms with E-state index in [1.807, 2.05) is 6.07 Å². The van der Waals surface area contributed by atoms with Crippen LogP contribution in [0.2, 0.25) is 0 Å². The Balaban J connectivity index is 1.42. The summed E-state index contributed by atoms with van der Waals surface area (Å²) < 4.78 is 10.8. The van der Waals surface area contributed by atoms with E-state index in [-0.39, 0.29) is 25.6 Å². The molecule has 164 valence electrons. The smallest absolute Gasteiger partial charge is 0.163 e. The standard InChI is InChI=1S/C23H28N4O4/c28-10-11-30-12-13-31-22-15-20-19(14-21(22)29)23(25-17-24-20)27-8-6-26(7-9-27)16-18-4-2-1-3-5-18/h1-5,14-15,17,28-29H,6-13,16H2. The summed E-state index contributed by atoms with van der Waals surface area (Å²) >= 11 is 0. The Morgan fingerprint density at radius 2 is 1.74 bits per heavy atom. The first-order valence-corrected chi connectivity index (χ1v) is 10.5. The number of piperazine rings is 1. The molecule has 8 nitrogen and oxygen atoms in total. The van der Waals surface area contributed by atoms with Gasteiger partial charge in [-0.2, -0.15) is 0 Å². The first kappa shape index (κ1) is 21.3. The number of phenolic OH excluding ortho intramolecular Hbond substituents is 1. The van der Waals surface area contributed by atoms with Gasteiger partial charge in [0.25, 0.3) is 0 Å². The van der Waals surface area contributed by atoms with E-state index >= 15 is 0 Å². The predicted molar refractivity (Wildman–Crippen MR) is 119 cm³/mol. The Morgan fingerprint density at radius 3 is 2.52 bits per heavy atom. The van der Waals surface area contributed by atoms with Gasteiger partial charge in [-0.1, -0.05) is 30.3 Å². The molecule has 0 aliphatic carbocycles. The molecule has 31 heavy (non-hydrogen) atoms. The van der Waals surface area contributed by atoms with Crippen LogP contribution in [-0.2, 0) is 11.3 Å². The van der Waals surface area contributed by atoms with Crippen molar-refractivity contribution in [3.63, 3.8) is 0 Å². The van der Waals surface area contributed by atoms with Crippen molar-refractivity contribution in [2.45, 2.75) is 6.54 Å². The SMILES string of the molecule is OCCOCCOc1cc2ncnc(N3CCN(Cc4ccccc4)CC3)c2cc1O. The highest BCUT2D eigenvalue weighted by molar-refractivity contribution is 5.91. The summed E-state index contributed by atoms with van der Waals surface area (Å²) in [6, 6.07) is 13.9. The van der Waals surface area contributed by atoms with Gasteiger partial charge in [-0.05, 0) is 11.6 Å². The van der Waals surface area contributed by atoms with Crippen LogP contribution in [0.3, 0.4) is 0 Å². The molecule has 0 spiro atoms. The predicted octanol–water partition coefficient (Wildman–Crippen LogP) is 2.05. The molecule has 1 aliphatic rings. The average molecular weight is 425 g/mol. The molecule has 1 aromatic heterocycles. The third-order valence-corrected chi connectivity index (χ3v) is 5.34. The molecule has 0 bridgehead atoms. The Bertz CT molecular complexity index is 978. The molecule has 0 atom stereocenters. The number of hydrogen-bond donors (Lipinski definition) is 2. The molecule has 1 fully saturated rings. The number of aromatic nitrogens is 2. The van der Waals surface area contributed by atoms with Crippen molar-refractivity contribution in [3.05, 3.63) is 54.4 Å². The second-order valence-electron chi connectivity index (χ2n) is 7.47. The summed E-state index contributed by atoms with van der Waals surface area (Å²) in [5.74, 6) is 1.24. The van der Waals surface area contributed by atoms with Gasteiger partial charge < -0.3 is 24.6 Å². The van der Waals surface area contributed by atoms with E-state index in [0.717, 1.165) is 49.4 Å². The van der Waals surface area contributed by atoms with Crippen molar-refractivity contribution in [2.75, 3.05) is 57.5 Å². The molecule has 4 rings (SSSR count). The largest absolute Gasteiger partial charge is 0.504 e. The number of anilines is 1. The number of benzene rings is 2. The Hall–Kier alpha value is -2.94. The molecule has 0 unspecified atom stereocenters. The van der Waals surface area contributed by atoms with Crippen LogP contribution in [-0.4, -0.2) is 77.7 Å². The van der Waals surface area contributed by atoms with Crippen molar-refractivity contribution >= 4 is 16.7 Å². The number of phenols is 1. The van der Waals surface area contributed by atoms with E-state index < -0.39 is 0 Å². The number of rotatable bonds is 9. The fourth-order valence-electron chi connectivity index (χ4n) is 3.76. The zero-order valence-corrected chi connectivity index (χ0v) is 17.5. The summed E-state index contributed by atoms with van der Waals surface area (Å²) in [5, 5.41) is 20.0. The second kappa shape index (κ2) is 10.4. The van der Waals surface area contributed by atoms with E-state index in [1.165, 1.54) is 5.56 Å². The molecule has 1 saturated heterocycles. The molecule has 0 radical (unpaired) electrons. The molecular formula is C23H28N4O4. The minimum absolute atomic E-state index is 0.0264. The highest BCUT2D eigenvalue weighted by Crippen LogP contribution is 2.34. The van der Waals surface area contributed by atoms with Crippen LogP contribution in [0.15, 0.2) is 48.8 Å². The normalized spacial score (nSPS) is 14.8. The number of hydrogen-bond acceptors (Lipinski definition) is 8. The van der Waals surface area contributed by atoms with Crippen LogP contribution in [0.5, 0.6) is 11.5 Å². The zero-order chi connectivity index (χ0) is 21.5. The summed E-state index contributed by atoms with van der Waals surface area (Å²) in [6.07, 6.45) is 1.55. The number of aromatic hydroxyl groups is 1. The quantitative estimate of drug-likeness (QED) is 0.505. The maximum absolute atomic E-state index is 10.5. The molecule has 8 heteroatoms. The highest BCUT2D eigenvalue weighted by Gasteiger charge is 2.21. The minimum Gasteiger partial charge on any atom is -0.504 e. The Labute approximate surface area is 181 Å². The van der Waals surface area contributed by atoms with Crippen LogP contribution < -0.4 is 9.64 Å². The Morgan fingerprint density at radius 1 is 0.935 bits per heavy atom.